The summed E-state index contributed by atoms with van der Waals surface area (Å²) in [4.78, 5) is 12.0. The Labute approximate surface area is 118 Å². The van der Waals surface area contributed by atoms with Gasteiger partial charge in [-0.25, -0.2) is 9.18 Å². The average molecular weight is 301 g/mol. The molecule has 1 aromatic heterocycles. The van der Waals surface area contributed by atoms with Crippen LogP contribution in [0.25, 0.3) is 0 Å². The number of benzene rings is 1. The molecule has 100 valence electrons. The zero-order chi connectivity index (χ0) is 14.0. The fraction of sp³-hybridized carbons (Fsp3) is 0.154. The molecule has 0 amide bonds. The molecule has 0 aliphatic heterocycles. The number of rotatable bonds is 4. The number of thiophene rings is 1. The molecule has 3 nitrogen and oxygen atoms in total. The minimum absolute atomic E-state index is 0.0209. The van der Waals surface area contributed by atoms with Gasteiger partial charge < -0.3 is 9.84 Å². The molecule has 0 aliphatic carbocycles. The number of halogens is 2. The van der Waals surface area contributed by atoms with E-state index in [1.165, 1.54) is 18.2 Å². The molecule has 0 saturated carbocycles. The summed E-state index contributed by atoms with van der Waals surface area (Å²) >= 11 is 7.04. The Balaban J connectivity index is 2.19. The van der Waals surface area contributed by atoms with E-state index in [9.17, 15) is 9.18 Å². The zero-order valence-electron chi connectivity index (χ0n) is 9.94. The number of carboxylic acid groups (broad SMARTS) is 1. The van der Waals surface area contributed by atoms with Crippen LogP contribution in [0.4, 0.5) is 4.39 Å². The summed E-state index contributed by atoms with van der Waals surface area (Å²) in [7, 11) is 0. The highest BCUT2D eigenvalue weighted by molar-refractivity contribution is 7.14. The standard InChI is InChI=1S/C13H10ClFO3S/c1-7-4-11(12(19-7)13(16)17)18-6-8-5-9(15)2-3-10(8)14/h2-5H,6H2,1H3,(H,16,17). The predicted octanol–water partition coefficient (Wildman–Crippen LogP) is 4.13. The lowest BCUT2D eigenvalue weighted by Gasteiger charge is -2.07. The second kappa shape index (κ2) is 5.59. The second-order valence-corrected chi connectivity index (χ2v) is 5.54. The first kappa shape index (κ1) is 13.8. The Hall–Kier alpha value is -1.59. The first-order chi connectivity index (χ1) is 8.97. The van der Waals surface area contributed by atoms with Crippen LogP contribution in [-0.4, -0.2) is 11.1 Å². The highest BCUT2D eigenvalue weighted by atomic mass is 35.5. The highest BCUT2D eigenvalue weighted by Gasteiger charge is 2.15. The SMILES string of the molecule is Cc1cc(OCc2cc(F)ccc2Cl)c(C(=O)O)s1. The van der Waals surface area contributed by atoms with Gasteiger partial charge in [0.1, 0.15) is 18.2 Å². The van der Waals surface area contributed by atoms with E-state index in [1.807, 2.05) is 0 Å². The van der Waals surface area contributed by atoms with E-state index in [0.717, 1.165) is 16.2 Å². The molecule has 0 saturated heterocycles. The topological polar surface area (TPSA) is 46.5 Å². The van der Waals surface area contributed by atoms with Crippen molar-refractivity contribution < 1.29 is 19.0 Å². The summed E-state index contributed by atoms with van der Waals surface area (Å²) in [5.41, 5.74) is 0.474. The van der Waals surface area contributed by atoms with Crippen molar-refractivity contribution in [3.63, 3.8) is 0 Å². The lowest BCUT2D eigenvalue weighted by atomic mass is 10.2. The average Bonchev–Trinajstić information content (AvgIpc) is 2.72. The molecule has 0 aliphatic rings. The monoisotopic (exact) mass is 300 g/mol. The first-order valence-corrected chi connectivity index (χ1v) is 6.57. The Bertz CT molecular complexity index is 624. The van der Waals surface area contributed by atoms with Crippen LogP contribution < -0.4 is 4.74 Å². The maximum Gasteiger partial charge on any atom is 0.349 e. The fourth-order valence-corrected chi connectivity index (χ4v) is 2.52. The van der Waals surface area contributed by atoms with Gasteiger partial charge in [0.15, 0.2) is 4.88 Å². The molecule has 0 unspecified atom stereocenters. The van der Waals surface area contributed by atoms with Crippen molar-refractivity contribution in [2.24, 2.45) is 0 Å². The predicted molar refractivity (Wildman–Crippen MR) is 71.8 cm³/mol. The quantitative estimate of drug-likeness (QED) is 0.923. The normalized spacial score (nSPS) is 10.5. The van der Waals surface area contributed by atoms with Crippen LogP contribution in [0, 0.1) is 12.7 Å². The Kier molecular flexibility index (Phi) is 4.07. The number of ether oxygens (including phenoxy) is 1. The van der Waals surface area contributed by atoms with Crippen molar-refractivity contribution in [3.8, 4) is 5.75 Å². The maximum absolute atomic E-state index is 13.1. The molecule has 0 fully saturated rings. The molecule has 19 heavy (non-hydrogen) atoms. The van der Waals surface area contributed by atoms with Crippen LogP contribution in [0.1, 0.15) is 20.1 Å². The summed E-state index contributed by atoms with van der Waals surface area (Å²) in [5, 5.41) is 9.40. The summed E-state index contributed by atoms with van der Waals surface area (Å²) in [6.07, 6.45) is 0. The summed E-state index contributed by atoms with van der Waals surface area (Å²) in [6, 6.07) is 5.60. The third kappa shape index (κ3) is 3.24. The molecule has 1 N–H and O–H groups in total. The molecular formula is C13H10ClFO3S. The van der Waals surface area contributed by atoms with E-state index in [4.69, 9.17) is 21.4 Å². The van der Waals surface area contributed by atoms with Gasteiger partial charge in [0.2, 0.25) is 0 Å². The Morgan fingerprint density at radius 2 is 2.21 bits per heavy atom. The summed E-state index contributed by atoms with van der Waals surface area (Å²) in [6.45, 7) is 1.81. The van der Waals surface area contributed by atoms with Gasteiger partial charge in [-0.1, -0.05) is 11.6 Å². The van der Waals surface area contributed by atoms with Crippen LogP contribution in [-0.2, 0) is 6.61 Å². The van der Waals surface area contributed by atoms with Crippen molar-refractivity contribution in [1.82, 2.24) is 0 Å². The van der Waals surface area contributed by atoms with E-state index >= 15 is 0 Å². The van der Waals surface area contributed by atoms with Crippen molar-refractivity contribution in [1.29, 1.82) is 0 Å². The number of carbonyl (C=O) groups is 1. The molecule has 1 heterocycles. The van der Waals surface area contributed by atoms with E-state index in [2.05, 4.69) is 0 Å². The van der Waals surface area contributed by atoms with Gasteiger partial charge in [0.25, 0.3) is 0 Å². The number of hydrogen-bond acceptors (Lipinski definition) is 3. The minimum Gasteiger partial charge on any atom is -0.487 e. The smallest absolute Gasteiger partial charge is 0.349 e. The van der Waals surface area contributed by atoms with E-state index in [0.29, 0.717) is 10.6 Å². The number of aryl methyl sites for hydroxylation is 1. The fourth-order valence-electron chi connectivity index (χ4n) is 1.56. The van der Waals surface area contributed by atoms with Gasteiger partial charge in [-0.15, -0.1) is 11.3 Å². The van der Waals surface area contributed by atoms with E-state index < -0.39 is 11.8 Å². The summed E-state index contributed by atoms with van der Waals surface area (Å²) in [5.74, 6) is -1.18. The van der Waals surface area contributed by atoms with E-state index in [1.54, 1.807) is 13.0 Å². The van der Waals surface area contributed by atoms with Crippen LogP contribution in [0.3, 0.4) is 0 Å². The molecule has 2 rings (SSSR count). The molecule has 1 aromatic carbocycles. The lowest BCUT2D eigenvalue weighted by molar-refractivity contribution is 0.0697. The molecule has 0 spiro atoms. The van der Waals surface area contributed by atoms with Gasteiger partial charge in [-0.2, -0.15) is 0 Å². The van der Waals surface area contributed by atoms with Crippen molar-refractivity contribution in [2.45, 2.75) is 13.5 Å². The van der Waals surface area contributed by atoms with E-state index in [-0.39, 0.29) is 17.2 Å². The maximum atomic E-state index is 13.1. The molecular weight excluding hydrogens is 291 g/mol. The van der Waals surface area contributed by atoms with Gasteiger partial charge >= 0.3 is 5.97 Å². The van der Waals surface area contributed by atoms with Crippen LogP contribution in [0.15, 0.2) is 24.3 Å². The van der Waals surface area contributed by atoms with Gasteiger partial charge in [-0.05, 0) is 31.2 Å². The van der Waals surface area contributed by atoms with Crippen molar-refractivity contribution in [2.75, 3.05) is 0 Å². The van der Waals surface area contributed by atoms with Crippen LogP contribution in [0.2, 0.25) is 5.02 Å². The number of hydrogen-bond donors (Lipinski definition) is 1. The largest absolute Gasteiger partial charge is 0.487 e. The minimum atomic E-state index is -1.04. The second-order valence-electron chi connectivity index (χ2n) is 3.88. The third-order valence-electron chi connectivity index (χ3n) is 2.41. The van der Waals surface area contributed by atoms with Crippen LogP contribution in [0.5, 0.6) is 5.75 Å². The molecule has 0 bridgehead atoms. The lowest BCUT2D eigenvalue weighted by Crippen LogP contribution is -2.01. The van der Waals surface area contributed by atoms with Crippen LogP contribution >= 0.6 is 22.9 Å². The number of aromatic carboxylic acids is 1. The Morgan fingerprint density at radius 1 is 1.47 bits per heavy atom. The molecule has 0 atom stereocenters. The van der Waals surface area contributed by atoms with Gasteiger partial charge in [0, 0.05) is 15.5 Å². The zero-order valence-corrected chi connectivity index (χ0v) is 11.5. The molecule has 0 radical (unpaired) electrons. The summed E-state index contributed by atoms with van der Waals surface area (Å²) < 4.78 is 18.5. The van der Waals surface area contributed by atoms with Crippen molar-refractivity contribution >= 4 is 28.9 Å². The molecule has 2 aromatic rings. The Morgan fingerprint density at radius 3 is 2.89 bits per heavy atom. The third-order valence-corrected chi connectivity index (χ3v) is 3.79. The van der Waals surface area contributed by atoms with Gasteiger partial charge in [-0.3, -0.25) is 0 Å². The highest BCUT2D eigenvalue weighted by Crippen LogP contribution is 2.30. The first-order valence-electron chi connectivity index (χ1n) is 5.38. The van der Waals surface area contributed by atoms with Crippen molar-refractivity contribution in [3.05, 3.63) is 50.4 Å². The molecule has 6 heteroatoms. The number of carboxylic acids is 1. The van der Waals surface area contributed by atoms with Gasteiger partial charge in [0.05, 0.1) is 0 Å².